The molecular weight excluding hydrogens is 188 g/mol. The highest BCUT2D eigenvalue weighted by Crippen LogP contribution is 2.09. The minimum absolute atomic E-state index is 0.510. The molecule has 0 bridgehead atoms. The van der Waals surface area contributed by atoms with Gasteiger partial charge in [-0.2, -0.15) is 0 Å². The summed E-state index contributed by atoms with van der Waals surface area (Å²) in [5, 5.41) is 0. The standard InChI is InChI=1S/C12H28N2O/c1-5-12(9-13)7-8-14(6-2)11(3)10-15-4/h11-12H,5-10,13H2,1-4H3. The van der Waals surface area contributed by atoms with Crippen LogP contribution in [0.5, 0.6) is 0 Å². The largest absolute Gasteiger partial charge is 0.383 e. The zero-order valence-corrected chi connectivity index (χ0v) is 10.8. The van der Waals surface area contributed by atoms with Crippen LogP contribution < -0.4 is 5.73 Å². The van der Waals surface area contributed by atoms with Crippen molar-refractivity contribution in [1.82, 2.24) is 4.90 Å². The Morgan fingerprint density at radius 2 is 2.00 bits per heavy atom. The predicted molar refractivity (Wildman–Crippen MR) is 66.0 cm³/mol. The van der Waals surface area contributed by atoms with Gasteiger partial charge in [-0.15, -0.1) is 0 Å². The molecule has 0 aliphatic rings. The van der Waals surface area contributed by atoms with Crippen molar-refractivity contribution >= 4 is 0 Å². The van der Waals surface area contributed by atoms with Crippen LogP contribution in [0, 0.1) is 5.92 Å². The monoisotopic (exact) mass is 216 g/mol. The fourth-order valence-electron chi connectivity index (χ4n) is 1.87. The summed E-state index contributed by atoms with van der Waals surface area (Å²) in [6.45, 7) is 10.5. The maximum absolute atomic E-state index is 5.70. The molecular formula is C12H28N2O. The van der Waals surface area contributed by atoms with E-state index >= 15 is 0 Å². The van der Waals surface area contributed by atoms with Gasteiger partial charge in [0, 0.05) is 13.2 Å². The molecule has 0 heterocycles. The SMILES string of the molecule is CCC(CN)CCN(CC)C(C)COC. The number of rotatable bonds is 9. The molecule has 3 nitrogen and oxygen atoms in total. The lowest BCUT2D eigenvalue weighted by molar-refractivity contribution is 0.0985. The summed E-state index contributed by atoms with van der Waals surface area (Å²) >= 11 is 0. The molecule has 0 saturated heterocycles. The fraction of sp³-hybridized carbons (Fsp3) is 1.00. The number of hydrogen-bond donors (Lipinski definition) is 1. The second-order valence-corrected chi connectivity index (χ2v) is 4.23. The molecule has 2 atom stereocenters. The van der Waals surface area contributed by atoms with Crippen molar-refractivity contribution in [3.63, 3.8) is 0 Å². The van der Waals surface area contributed by atoms with Gasteiger partial charge in [-0.3, -0.25) is 4.90 Å². The van der Waals surface area contributed by atoms with E-state index in [1.165, 1.54) is 12.8 Å². The maximum atomic E-state index is 5.70. The molecule has 0 aromatic heterocycles. The van der Waals surface area contributed by atoms with Gasteiger partial charge >= 0.3 is 0 Å². The van der Waals surface area contributed by atoms with Gasteiger partial charge in [0.1, 0.15) is 0 Å². The highest BCUT2D eigenvalue weighted by atomic mass is 16.5. The summed E-state index contributed by atoms with van der Waals surface area (Å²) < 4.78 is 5.18. The van der Waals surface area contributed by atoms with Crippen LogP contribution in [0.25, 0.3) is 0 Å². The van der Waals surface area contributed by atoms with Gasteiger partial charge < -0.3 is 10.5 Å². The van der Waals surface area contributed by atoms with Crippen LogP contribution >= 0.6 is 0 Å². The Morgan fingerprint density at radius 3 is 2.40 bits per heavy atom. The molecule has 3 heteroatoms. The molecule has 0 saturated carbocycles. The van der Waals surface area contributed by atoms with Gasteiger partial charge in [-0.05, 0) is 38.9 Å². The van der Waals surface area contributed by atoms with E-state index in [0.29, 0.717) is 12.0 Å². The predicted octanol–water partition coefficient (Wildman–Crippen LogP) is 1.72. The third-order valence-electron chi connectivity index (χ3n) is 3.17. The van der Waals surface area contributed by atoms with E-state index in [2.05, 4.69) is 25.7 Å². The second kappa shape index (κ2) is 9.13. The average Bonchev–Trinajstić information content (AvgIpc) is 2.25. The molecule has 0 aliphatic carbocycles. The minimum atomic E-state index is 0.510. The van der Waals surface area contributed by atoms with Gasteiger partial charge in [0.15, 0.2) is 0 Å². The summed E-state index contributed by atoms with van der Waals surface area (Å²) in [5.74, 6) is 0.675. The van der Waals surface area contributed by atoms with Crippen LogP contribution in [0.3, 0.4) is 0 Å². The molecule has 0 radical (unpaired) electrons. The number of methoxy groups -OCH3 is 1. The van der Waals surface area contributed by atoms with E-state index in [1.807, 2.05) is 0 Å². The van der Waals surface area contributed by atoms with E-state index in [-0.39, 0.29) is 0 Å². The van der Waals surface area contributed by atoms with Crippen molar-refractivity contribution in [3.8, 4) is 0 Å². The number of ether oxygens (including phenoxy) is 1. The zero-order chi connectivity index (χ0) is 11.7. The topological polar surface area (TPSA) is 38.5 Å². The smallest absolute Gasteiger partial charge is 0.0615 e. The Bertz CT molecular complexity index is 138. The van der Waals surface area contributed by atoms with Crippen LogP contribution in [0.1, 0.15) is 33.6 Å². The van der Waals surface area contributed by atoms with Crippen molar-refractivity contribution in [2.24, 2.45) is 11.7 Å². The Labute approximate surface area is 95.0 Å². The molecule has 0 aromatic rings. The quantitative estimate of drug-likeness (QED) is 0.638. The van der Waals surface area contributed by atoms with Gasteiger partial charge in [-0.1, -0.05) is 20.3 Å². The van der Waals surface area contributed by atoms with Crippen molar-refractivity contribution in [2.75, 3.05) is 33.4 Å². The molecule has 2 N–H and O–H groups in total. The lowest BCUT2D eigenvalue weighted by Crippen LogP contribution is -2.37. The van der Waals surface area contributed by atoms with Gasteiger partial charge in [0.25, 0.3) is 0 Å². The normalized spacial score (nSPS) is 15.6. The van der Waals surface area contributed by atoms with E-state index in [1.54, 1.807) is 7.11 Å². The Balaban J connectivity index is 3.87. The molecule has 2 unspecified atom stereocenters. The van der Waals surface area contributed by atoms with Gasteiger partial charge in [0.2, 0.25) is 0 Å². The first kappa shape index (κ1) is 14.9. The van der Waals surface area contributed by atoms with Crippen molar-refractivity contribution < 1.29 is 4.74 Å². The van der Waals surface area contributed by atoms with E-state index in [9.17, 15) is 0 Å². The average molecular weight is 216 g/mol. The summed E-state index contributed by atoms with van der Waals surface area (Å²) in [4.78, 5) is 2.46. The van der Waals surface area contributed by atoms with Crippen LogP contribution in [0.15, 0.2) is 0 Å². The van der Waals surface area contributed by atoms with Crippen LogP contribution in [0.2, 0.25) is 0 Å². The van der Waals surface area contributed by atoms with Crippen LogP contribution in [-0.4, -0.2) is 44.3 Å². The lowest BCUT2D eigenvalue weighted by Gasteiger charge is -2.28. The van der Waals surface area contributed by atoms with Crippen molar-refractivity contribution in [1.29, 1.82) is 0 Å². The second-order valence-electron chi connectivity index (χ2n) is 4.23. The summed E-state index contributed by atoms with van der Waals surface area (Å²) in [5.41, 5.74) is 5.70. The van der Waals surface area contributed by atoms with Crippen LogP contribution in [-0.2, 0) is 4.74 Å². The fourth-order valence-corrected chi connectivity index (χ4v) is 1.87. The molecule has 0 aliphatic heterocycles. The minimum Gasteiger partial charge on any atom is -0.383 e. The van der Waals surface area contributed by atoms with E-state index in [0.717, 1.165) is 26.2 Å². The molecule has 0 amide bonds. The Kier molecular flexibility index (Phi) is 9.06. The molecule has 15 heavy (non-hydrogen) atoms. The van der Waals surface area contributed by atoms with E-state index < -0.39 is 0 Å². The van der Waals surface area contributed by atoms with Gasteiger partial charge in [-0.25, -0.2) is 0 Å². The highest BCUT2D eigenvalue weighted by molar-refractivity contribution is 4.68. The Morgan fingerprint density at radius 1 is 1.33 bits per heavy atom. The third kappa shape index (κ3) is 6.13. The third-order valence-corrected chi connectivity index (χ3v) is 3.17. The summed E-state index contributed by atoms with van der Waals surface area (Å²) in [6, 6.07) is 0.510. The molecule has 0 fully saturated rings. The molecule has 0 spiro atoms. The van der Waals surface area contributed by atoms with Crippen LogP contribution in [0.4, 0.5) is 0 Å². The van der Waals surface area contributed by atoms with Gasteiger partial charge in [0.05, 0.1) is 6.61 Å². The molecule has 0 rings (SSSR count). The number of nitrogens with zero attached hydrogens (tertiary/aromatic N) is 1. The molecule has 92 valence electrons. The zero-order valence-electron chi connectivity index (χ0n) is 10.8. The summed E-state index contributed by atoms with van der Waals surface area (Å²) in [6.07, 6.45) is 2.39. The Hall–Kier alpha value is -0.120. The first-order valence-corrected chi connectivity index (χ1v) is 6.12. The highest BCUT2D eigenvalue weighted by Gasteiger charge is 2.13. The van der Waals surface area contributed by atoms with E-state index in [4.69, 9.17) is 10.5 Å². The maximum Gasteiger partial charge on any atom is 0.0615 e. The first-order valence-electron chi connectivity index (χ1n) is 6.12. The first-order chi connectivity index (χ1) is 7.19. The van der Waals surface area contributed by atoms with Crippen molar-refractivity contribution in [2.45, 2.75) is 39.7 Å². The van der Waals surface area contributed by atoms with Crippen molar-refractivity contribution in [3.05, 3.63) is 0 Å². The molecule has 0 aromatic carbocycles. The number of hydrogen-bond acceptors (Lipinski definition) is 3. The lowest BCUT2D eigenvalue weighted by atomic mass is 10.0. The number of likely N-dealkylation sites (N-methyl/N-ethyl adjacent to an activating group) is 1. The summed E-state index contributed by atoms with van der Waals surface area (Å²) in [7, 11) is 1.76. The number of nitrogens with two attached hydrogens (primary N) is 1.